The zero-order chi connectivity index (χ0) is 21.3. The smallest absolute Gasteiger partial charge is 0.137 e. The highest BCUT2D eigenvalue weighted by atomic mass is 16.5. The van der Waals surface area contributed by atoms with Gasteiger partial charge in [0.25, 0.3) is 0 Å². The van der Waals surface area contributed by atoms with Gasteiger partial charge in [0.2, 0.25) is 0 Å². The molecule has 3 aliphatic heterocycles. The van der Waals surface area contributed by atoms with Crippen LogP contribution in [-0.4, -0.2) is 30.0 Å². The Hall–Kier alpha value is -0.160. The minimum absolute atomic E-state index is 0.121. The SMILES string of the molecule is CC12CCCC3CC(C4CC(CC5CCC(N)[NH2+]C5)CC5(CCCC5)C4)(CC([NH3+])C31)O2. The lowest BCUT2D eigenvalue weighted by Gasteiger charge is -2.66. The highest BCUT2D eigenvalue weighted by molar-refractivity contribution is 5.14. The molecule has 4 saturated carbocycles. The molecule has 3 heterocycles. The second-order valence-electron chi connectivity index (χ2n) is 13.6. The third-order valence-corrected chi connectivity index (χ3v) is 11.4. The molecule has 0 aromatic rings. The van der Waals surface area contributed by atoms with Crippen molar-refractivity contribution in [3.8, 4) is 0 Å². The Morgan fingerprint density at radius 1 is 0.968 bits per heavy atom. The fraction of sp³-hybridized carbons (Fsp3) is 1.00. The maximum absolute atomic E-state index is 7.33. The molecule has 0 aromatic carbocycles. The standard InChI is InChI=1S/C27H47N3O/c1-25-8-4-5-20-14-27(31-25,16-22(28)24(20)25)21-12-19(11-18-6-7-23(29)30-17-18)13-26(15-21)9-2-3-10-26/h18-24,30H,2-17,28-29H2,1H3/p+2. The number of rotatable bonds is 3. The first-order chi connectivity index (χ1) is 14.9. The molecule has 176 valence electrons. The Balaban J connectivity index is 1.26. The van der Waals surface area contributed by atoms with Crippen LogP contribution in [0.5, 0.6) is 0 Å². The van der Waals surface area contributed by atoms with Gasteiger partial charge in [-0.2, -0.15) is 0 Å². The lowest BCUT2D eigenvalue weighted by atomic mass is 9.49. The van der Waals surface area contributed by atoms with Crippen LogP contribution >= 0.6 is 0 Å². The summed E-state index contributed by atoms with van der Waals surface area (Å²) in [6.07, 6.45) is 21.4. The van der Waals surface area contributed by atoms with E-state index in [-0.39, 0.29) is 11.2 Å². The van der Waals surface area contributed by atoms with Crippen LogP contribution in [0.3, 0.4) is 0 Å². The molecule has 4 heteroatoms. The van der Waals surface area contributed by atoms with Crippen LogP contribution in [0, 0.1) is 35.0 Å². The summed E-state index contributed by atoms with van der Waals surface area (Å²) in [5.74, 6) is 4.20. The van der Waals surface area contributed by atoms with Gasteiger partial charge in [-0.25, -0.2) is 0 Å². The van der Waals surface area contributed by atoms with Crippen LogP contribution in [0.2, 0.25) is 0 Å². The van der Waals surface area contributed by atoms with E-state index in [2.05, 4.69) is 12.2 Å². The molecule has 9 unspecified atom stereocenters. The van der Waals surface area contributed by atoms with Crippen LogP contribution in [0.15, 0.2) is 0 Å². The number of quaternary nitrogens is 2. The number of hydrogen-bond donors (Lipinski definition) is 3. The van der Waals surface area contributed by atoms with Crippen molar-refractivity contribution in [2.75, 3.05) is 6.54 Å². The summed E-state index contributed by atoms with van der Waals surface area (Å²) in [6.45, 7) is 3.74. The molecular weight excluding hydrogens is 382 g/mol. The molecule has 0 amide bonds. The van der Waals surface area contributed by atoms with Gasteiger partial charge in [0, 0.05) is 24.7 Å². The van der Waals surface area contributed by atoms with E-state index < -0.39 is 0 Å². The summed E-state index contributed by atoms with van der Waals surface area (Å²) in [4.78, 5) is 0. The highest BCUT2D eigenvalue weighted by Gasteiger charge is 2.66. The molecule has 7 fully saturated rings. The van der Waals surface area contributed by atoms with Crippen molar-refractivity contribution in [3.63, 3.8) is 0 Å². The van der Waals surface area contributed by atoms with Gasteiger partial charge in [-0.05, 0) is 94.3 Å². The summed E-state index contributed by atoms with van der Waals surface area (Å²) in [6, 6.07) is 0.618. The van der Waals surface area contributed by atoms with Crippen molar-refractivity contribution >= 4 is 0 Å². The van der Waals surface area contributed by atoms with E-state index in [0.717, 1.165) is 29.6 Å². The molecule has 0 aromatic heterocycles. The molecule has 1 spiro atoms. The Bertz CT molecular complexity index is 669. The van der Waals surface area contributed by atoms with Crippen molar-refractivity contribution in [1.29, 1.82) is 0 Å². The molecule has 0 radical (unpaired) electrons. The van der Waals surface area contributed by atoms with Gasteiger partial charge >= 0.3 is 0 Å². The average Bonchev–Trinajstić information content (AvgIpc) is 3.15. The summed E-state index contributed by atoms with van der Waals surface area (Å²) in [5.41, 5.74) is 11.8. The minimum atomic E-state index is 0.121. The molecule has 9 atom stereocenters. The zero-order valence-electron chi connectivity index (χ0n) is 20.1. The topological polar surface area (TPSA) is 79.5 Å². The largest absolute Gasteiger partial charge is 0.368 e. The zero-order valence-corrected chi connectivity index (χ0v) is 20.1. The van der Waals surface area contributed by atoms with Crippen LogP contribution in [0.25, 0.3) is 0 Å². The minimum Gasteiger partial charge on any atom is -0.368 e. The first kappa shape index (κ1) is 21.4. The Morgan fingerprint density at radius 2 is 1.81 bits per heavy atom. The first-order valence-electron chi connectivity index (χ1n) is 14.0. The van der Waals surface area contributed by atoms with Crippen molar-refractivity contribution < 1.29 is 15.8 Å². The van der Waals surface area contributed by atoms with Gasteiger partial charge in [0.15, 0.2) is 0 Å². The number of fused-ring (bicyclic) bond motifs is 1. The third kappa shape index (κ3) is 3.63. The van der Waals surface area contributed by atoms with Crippen LogP contribution in [-0.2, 0) is 4.74 Å². The lowest BCUT2D eigenvalue weighted by molar-refractivity contribution is -0.703. The van der Waals surface area contributed by atoms with E-state index in [1.165, 1.54) is 103 Å². The van der Waals surface area contributed by atoms with Gasteiger partial charge in [0.1, 0.15) is 6.17 Å². The fourth-order valence-electron chi connectivity index (χ4n) is 10.5. The van der Waals surface area contributed by atoms with E-state index in [4.69, 9.17) is 16.2 Å². The first-order valence-corrected chi connectivity index (χ1v) is 14.0. The van der Waals surface area contributed by atoms with Crippen LogP contribution in [0.1, 0.15) is 103 Å². The maximum atomic E-state index is 7.33. The molecule has 3 saturated heterocycles. The summed E-state index contributed by atoms with van der Waals surface area (Å²) < 4.78 is 7.33. The number of ether oxygens (including phenoxy) is 1. The summed E-state index contributed by atoms with van der Waals surface area (Å²) in [7, 11) is 0. The predicted molar refractivity (Wildman–Crippen MR) is 123 cm³/mol. The summed E-state index contributed by atoms with van der Waals surface area (Å²) in [5, 5.41) is 2.42. The van der Waals surface area contributed by atoms with Crippen LogP contribution in [0.4, 0.5) is 0 Å². The Kier molecular flexibility index (Phi) is 5.30. The van der Waals surface area contributed by atoms with Gasteiger partial charge in [-0.15, -0.1) is 0 Å². The number of hydrogen-bond acceptors (Lipinski definition) is 2. The molecular formula is C27H49N3O+2. The molecule has 7 rings (SSSR count). The van der Waals surface area contributed by atoms with Gasteiger partial charge in [0.05, 0.1) is 23.8 Å². The fourth-order valence-corrected chi connectivity index (χ4v) is 10.5. The van der Waals surface area contributed by atoms with Crippen molar-refractivity contribution in [2.24, 2.45) is 40.7 Å². The molecule has 7 aliphatic rings. The van der Waals surface area contributed by atoms with Gasteiger partial charge < -0.3 is 15.8 Å². The van der Waals surface area contributed by atoms with E-state index >= 15 is 0 Å². The van der Waals surface area contributed by atoms with Crippen molar-refractivity contribution in [1.82, 2.24) is 0 Å². The average molecular weight is 432 g/mol. The molecule has 31 heavy (non-hydrogen) atoms. The van der Waals surface area contributed by atoms with Crippen molar-refractivity contribution in [3.05, 3.63) is 0 Å². The summed E-state index contributed by atoms with van der Waals surface area (Å²) >= 11 is 0. The molecule has 4 nitrogen and oxygen atoms in total. The second kappa shape index (κ2) is 7.68. The normalized spacial score (nSPS) is 53.7. The van der Waals surface area contributed by atoms with Gasteiger partial charge in [-0.1, -0.05) is 19.3 Å². The Morgan fingerprint density at radius 3 is 2.55 bits per heavy atom. The second-order valence-corrected chi connectivity index (χ2v) is 13.6. The van der Waals surface area contributed by atoms with Crippen molar-refractivity contribution in [2.45, 2.75) is 127 Å². The molecule has 4 bridgehead atoms. The van der Waals surface area contributed by atoms with E-state index in [1.807, 2.05) is 0 Å². The lowest BCUT2D eigenvalue weighted by Crippen LogP contribution is -2.95. The van der Waals surface area contributed by atoms with Crippen LogP contribution < -0.4 is 16.8 Å². The molecule has 7 N–H and O–H groups in total. The van der Waals surface area contributed by atoms with E-state index in [0.29, 0.717) is 17.6 Å². The highest BCUT2D eigenvalue weighted by Crippen LogP contribution is 2.64. The number of nitrogens with two attached hydrogens (primary N) is 2. The quantitative estimate of drug-likeness (QED) is 0.642. The Labute approximate surface area is 190 Å². The maximum Gasteiger partial charge on any atom is 0.137 e. The predicted octanol–water partition coefficient (Wildman–Crippen LogP) is 2.96. The molecule has 4 aliphatic carbocycles. The number of piperidine rings is 1. The third-order valence-electron chi connectivity index (χ3n) is 11.4. The van der Waals surface area contributed by atoms with Gasteiger partial charge in [-0.3, -0.25) is 5.73 Å². The van der Waals surface area contributed by atoms with E-state index in [9.17, 15) is 0 Å². The van der Waals surface area contributed by atoms with E-state index in [1.54, 1.807) is 0 Å². The monoisotopic (exact) mass is 431 g/mol.